The summed E-state index contributed by atoms with van der Waals surface area (Å²) in [7, 11) is 0. The molecule has 0 atom stereocenters. The predicted molar refractivity (Wildman–Crippen MR) is 87.8 cm³/mol. The quantitative estimate of drug-likeness (QED) is 0.728. The molecule has 0 aliphatic heterocycles. The van der Waals surface area contributed by atoms with E-state index < -0.39 is 5.56 Å². The van der Waals surface area contributed by atoms with Crippen LogP contribution in [0.4, 0.5) is 0 Å². The van der Waals surface area contributed by atoms with Crippen molar-refractivity contribution in [1.82, 2.24) is 19.4 Å². The SMILES string of the molecule is O=C(CCCl)Nn1cnc2c(cnn2-c2cccc(Cl)c2)c1=O. The third kappa shape index (κ3) is 3.06. The molecule has 9 heteroatoms. The van der Waals surface area contributed by atoms with Gasteiger partial charge in [0.1, 0.15) is 11.7 Å². The molecule has 118 valence electrons. The Labute approximate surface area is 140 Å². The van der Waals surface area contributed by atoms with Gasteiger partial charge in [-0.05, 0) is 18.2 Å². The van der Waals surface area contributed by atoms with Gasteiger partial charge in [0.05, 0.1) is 11.9 Å². The number of fused-ring (bicyclic) bond motifs is 1. The summed E-state index contributed by atoms with van der Waals surface area (Å²) in [6.07, 6.45) is 2.74. The van der Waals surface area contributed by atoms with Crippen LogP contribution in [0, 0.1) is 0 Å². The molecule has 2 heterocycles. The van der Waals surface area contributed by atoms with Crippen molar-refractivity contribution in [3.05, 3.63) is 52.2 Å². The zero-order chi connectivity index (χ0) is 16.4. The van der Waals surface area contributed by atoms with Gasteiger partial charge in [0.25, 0.3) is 5.56 Å². The third-order valence-corrected chi connectivity index (χ3v) is 3.53. The van der Waals surface area contributed by atoms with Crippen molar-refractivity contribution in [3.63, 3.8) is 0 Å². The number of carbonyl (C=O) groups excluding carboxylic acids is 1. The summed E-state index contributed by atoms with van der Waals surface area (Å²) in [4.78, 5) is 28.1. The van der Waals surface area contributed by atoms with Crippen molar-refractivity contribution in [2.45, 2.75) is 6.42 Å². The highest BCUT2D eigenvalue weighted by molar-refractivity contribution is 6.30. The van der Waals surface area contributed by atoms with Crippen molar-refractivity contribution in [2.24, 2.45) is 0 Å². The maximum atomic E-state index is 12.4. The molecule has 0 spiro atoms. The minimum absolute atomic E-state index is 0.105. The van der Waals surface area contributed by atoms with E-state index in [-0.39, 0.29) is 23.6 Å². The Hall–Kier alpha value is -2.38. The van der Waals surface area contributed by atoms with E-state index in [4.69, 9.17) is 23.2 Å². The Bertz CT molecular complexity index is 934. The second-order valence-electron chi connectivity index (χ2n) is 4.67. The fraction of sp³-hybridized carbons (Fsp3) is 0.143. The van der Waals surface area contributed by atoms with Crippen molar-refractivity contribution in [3.8, 4) is 5.69 Å². The van der Waals surface area contributed by atoms with Crippen LogP contribution in [0.1, 0.15) is 6.42 Å². The first-order chi connectivity index (χ1) is 11.1. The van der Waals surface area contributed by atoms with Crippen molar-refractivity contribution in [2.75, 3.05) is 11.3 Å². The topological polar surface area (TPSA) is 81.8 Å². The molecular weight excluding hydrogens is 341 g/mol. The Morgan fingerprint density at radius 2 is 2.17 bits per heavy atom. The minimum Gasteiger partial charge on any atom is -0.273 e. The fourth-order valence-electron chi connectivity index (χ4n) is 2.06. The first-order valence-corrected chi connectivity index (χ1v) is 7.58. The maximum Gasteiger partial charge on any atom is 0.283 e. The standard InChI is InChI=1S/C14H11Cl2N5O2/c15-5-4-12(22)19-20-8-17-13-11(14(20)23)7-18-21(13)10-3-1-2-9(16)6-10/h1-3,6-8H,4-5H2,(H,19,22). The molecule has 0 radical (unpaired) electrons. The monoisotopic (exact) mass is 351 g/mol. The lowest BCUT2D eigenvalue weighted by Crippen LogP contribution is -2.33. The minimum atomic E-state index is -0.425. The second-order valence-corrected chi connectivity index (χ2v) is 5.48. The zero-order valence-electron chi connectivity index (χ0n) is 11.7. The van der Waals surface area contributed by atoms with Gasteiger partial charge in [0, 0.05) is 17.3 Å². The summed E-state index contributed by atoms with van der Waals surface area (Å²) in [5, 5.41) is 5.00. The van der Waals surface area contributed by atoms with Gasteiger partial charge >= 0.3 is 0 Å². The van der Waals surface area contributed by atoms with Crippen LogP contribution in [0.2, 0.25) is 5.02 Å². The highest BCUT2D eigenvalue weighted by Crippen LogP contribution is 2.17. The number of rotatable bonds is 4. The van der Waals surface area contributed by atoms with E-state index in [1.54, 1.807) is 24.3 Å². The van der Waals surface area contributed by atoms with Gasteiger partial charge in [-0.1, -0.05) is 17.7 Å². The lowest BCUT2D eigenvalue weighted by molar-refractivity contribution is -0.116. The summed E-state index contributed by atoms with van der Waals surface area (Å²) in [6, 6.07) is 7.03. The fourth-order valence-corrected chi connectivity index (χ4v) is 2.42. The number of benzene rings is 1. The number of hydrogen-bond acceptors (Lipinski definition) is 4. The van der Waals surface area contributed by atoms with Crippen molar-refractivity contribution in [1.29, 1.82) is 0 Å². The molecule has 0 bridgehead atoms. The number of halogens is 2. The largest absolute Gasteiger partial charge is 0.283 e. The van der Waals surface area contributed by atoms with E-state index >= 15 is 0 Å². The number of hydrogen-bond donors (Lipinski definition) is 1. The molecule has 0 aliphatic rings. The van der Waals surface area contributed by atoms with Crippen LogP contribution in [0.15, 0.2) is 41.6 Å². The molecular formula is C14H11Cl2N5O2. The van der Waals surface area contributed by atoms with Gasteiger partial charge in [0.2, 0.25) is 5.91 Å². The number of aromatic nitrogens is 4. The van der Waals surface area contributed by atoms with E-state index in [0.29, 0.717) is 16.4 Å². The summed E-state index contributed by atoms with van der Waals surface area (Å²) >= 11 is 11.5. The lowest BCUT2D eigenvalue weighted by atomic mass is 10.3. The first-order valence-electron chi connectivity index (χ1n) is 6.67. The predicted octanol–water partition coefficient (Wildman–Crippen LogP) is 1.93. The van der Waals surface area contributed by atoms with Crippen LogP contribution in [-0.4, -0.2) is 31.2 Å². The third-order valence-electron chi connectivity index (χ3n) is 3.11. The molecule has 1 N–H and O–H groups in total. The van der Waals surface area contributed by atoms with Crippen LogP contribution < -0.4 is 11.0 Å². The summed E-state index contributed by atoms with van der Waals surface area (Å²) < 4.78 is 2.52. The molecule has 7 nitrogen and oxygen atoms in total. The van der Waals surface area contributed by atoms with E-state index in [1.807, 2.05) is 0 Å². The van der Waals surface area contributed by atoms with Gasteiger partial charge in [0.15, 0.2) is 5.65 Å². The van der Waals surface area contributed by atoms with Gasteiger partial charge in [-0.25, -0.2) is 14.3 Å². The van der Waals surface area contributed by atoms with E-state index in [1.165, 1.54) is 17.2 Å². The van der Waals surface area contributed by atoms with Gasteiger partial charge in [-0.2, -0.15) is 5.10 Å². The Balaban J connectivity index is 2.04. The van der Waals surface area contributed by atoms with Gasteiger partial charge in [-0.3, -0.25) is 15.0 Å². The van der Waals surface area contributed by atoms with Crippen LogP contribution in [-0.2, 0) is 4.79 Å². The highest BCUT2D eigenvalue weighted by Gasteiger charge is 2.12. The number of amides is 1. The van der Waals surface area contributed by atoms with Crippen LogP contribution in [0.3, 0.4) is 0 Å². The zero-order valence-corrected chi connectivity index (χ0v) is 13.3. The summed E-state index contributed by atoms with van der Waals surface area (Å²) in [5.74, 6) is -0.200. The van der Waals surface area contributed by atoms with E-state index in [9.17, 15) is 9.59 Å². The molecule has 3 aromatic rings. The molecule has 0 saturated carbocycles. The average Bonchev–Trinajstić information content (AvgIpc) is 2.95. The number of nitrogens with zero attached hydrogens (tertiary/aromatic N) is 4. The molecule has 1 amide bonds. The van der Waals surface area contributed by atoms with Crippen LogP contribution in [0.5, 0.6) is 0 Å². The van der Waals surface area contributed by atoms with Crippen molar-refractivity contribution >= 4 is 40.1 Å². The molecule has 0 unspecified atom stereocenters. The molecule has 23 heavy (non-hydrogen) atoms. The molecule has 2 aromatic heterocycles. The van der Waals surface area contributed by atoms with Crippen molar-refractivity contribution < 1.29 is 4.79 Å². The second kappa shape index (κ2) is 6.39. The maximum absolute atomic E-state index is 12.4. The van der Waals surface area contributed by atoms with Crippen LogP contribution >= 0.6 is 23.2 Å². The number of alkyl halides is 1. The van der Waals surface area contributed by atoms with E-state index in [2.05, 4.69) is 15.5 Å². The molecule has 0 fully saturated rings. The Morgan fingerprint density at radius 1 is 1.35 bits per heavy atom. The van der Waals surface area contributed by atoms with E-state index in [0.717, 1.165) is 4.68 Å². The average molecular weight is 352 g/mol. The molecule has 0 saturated heterocycles. The summed E-state index contributed by atoms with van der Waals surface area (Å²) in [6.45, 7) is 0. The normalized spacial score (nSPS) is 10.9. The smallest absolute Gasteiger partial charge is 0.273 e. The lowest BCUT2D eigenvalue weighted by Gasteiger charge is -2.07. The molecule has 0 aliphatic carbocycles. The number of nitrogens with one attached hydrogen (secondary N) is 1. The van der Waals surface area contributed by atoms with Gasteiger partial charge < -0.3 is 0 Å². The first kappa shape index (κ1) is 15.5. The molecule has 3 rings (SSSR count). The Kier molecular flexibility index (Phi) is 4.31. The highest BCUT2D eigenvalue weighted by atomic mass is 35.5. The van der Waals surface area contributed by atoms with Gasteiger partial charge in [-0.15, -0.1) is 11.6 Å². The number of carbonyl (C=O) groups is 1. The summed E-state index contributed by atoms with van der Waals surface area (Å²) in [5.41, 5.74) is 3.06. The Morgan fingerprint density at radius 3 is 2.91 bits per heavy atom. The molecule has 1 aromatic carbocycles. The van der Waals surface area contributed by atoms with Crippen LogP contribution in [0.25, 0.3) is 16.7 Å².